The molecule has 1 heterocycles. The number of ether oxygens (including phenoxy) is 1. The molecule has 0 bridgehead atoms. The predicted octanol–water partition coefficient (Wildman–Crippen LogP) is 1.95. The molecule has 0 aliphatic heterocycles. The number of benzene rings is 1. The van der Waals surface area contributed by atoms with Crippen LogP contribution < -0.4 is 15.4 Å². The van der Waals surface area contributed by atoms with Gasteiger partial charge >= 0.3 is 0 Å². The van der Waals surface area contributed by atoms with E-state index in [1.807, 2.05) is 0 Å². The van der Waals surface area contributed by atoms with Crippen molar-refractivity contribution in [3.8, 4) is 5.88 Å². The van der Waals surface area contributed by atoms with Gasteiger partial charge in [-0.1, -0.05) is 0 Å². The van der Waals surface area contributed by atoms with Crippen LogP contribution in [-0.4, -0.2) is 25.0 Å². The van der Waals surface area contributed by atoms with Gasteiger partial charge in [0.05, 0.1) is 7.11 Å². The van der Waals surface area contributed by atoms with Crippen LogP contribution in [0, 0.1) is 0 Å². The first kappa shape index (κ1) is 12.9. The lowest BCUT2D eigenvalue weighted by Crippen LogP contribution is -2.26. The van der Waals surface area contributed by atoms with E-state index in [2.05, 4.69) is 4.98 Å². The molecule has 0 spiro atoms. The summed E-state index contributed by atoms with van der Waals surface area (Å²) in [6, 6.07) is 10.5. The highest BCUT2D eigenvalue weighted by Gasteiger charge is 2.18. The quantitative estimate of drug-likeness (QED) is 0.853. The largest absolute Gasteiger partial charge is 0.480 e. The maximum absolute atomic E-state index is 12.4. The van der Waals surface area contributed by atoms with Crippen LogP contribution in [0.5, 0.6) is 5.88 Å². The first-order valence-electron chi connectivity index (χ1n) is 5.76. The number of nitrogens with zero attached hydrogens (tertiary/aromatic N) is 2. The minimum atomic E-state index is -0.185. The summed E-state index contributed by atoms with van der Waals surface area (Å²) in [6.45, 7) is 0. The van der Waals surface area contributed by atoms with Gasteiger partial charge in [-0.05, 0) is 36.4 Å². The Bertz CT molecular complexity index is 581. The van der Waals surface area contributed by atoms with Crippen LogP contribution in [0.25, 0.3) is 0 Å². The van der Waals surface area contributed by atoms with Crippen LogP contribution in [0.4, 0.5) is 11.4 Å². The molecular formula is C14H15N3O2. The Morgan fingerprint density at radius 2 is 1.95 bits per heavy atom. The molecule has 0 radical (unpaired) electrons. The average molecular weight is 257 g/mol. The standard InChI is InChI=1S/C14H15N3O2/c1-17(11-7-5-10(15)6-8-11)14(18)12-4-3-9-16-13(12)19-2/h3-9H,15H2,1-2H3. The highest BCUT2D eigenvalue weighted by Crippen LogP contribution is 2.21. The number of hydrogen-bond donors (Lipinski definition) is 1. The summed E-state index contributed by atoms with van der Waals surface area (Å²) >= 11 is 0. The third kappa shape index (κ3) is 2.65. The van der Waals surface area contributed by atoms with Crippen molar-refractivity contribution in [1.29, 1.82) is 0 Å². The normalized spacial score (nSPS) is 10.0. The number of methoxy groups -OCH3 is 1. The van der Waals surface area contributed by atoms with Crippen LogP contribution in [0.15, 0.2) is 42.6 Å². The fourth-order valence-corrected chi connectivity index (χ4v) is 1.71. The number of amides is 1. The van der Waals surface area contributed by atoms with Crippen molar-refractivity contribution in [2.24, 2.45) is 0 Å². The zero-order valence-corrected chi connectivity index (χ0v) is 10.8. The van der Waals surface area contributed by atoms with E-state index >= 15 is 0 Å². The molecule has 0 aliphatic rings. The predicted molar refractivity (Wildman–Crippen MR) is 74.4 cm³/mol. The number of carbonyl (C=O) groups is 1. The molecule has 0 unspecified atom stereocenters. The summed E-state index contributed by atoms with van der Waals surface area (Å²) in [4.78, 5) is 17.9. The molecular weight excluding hydrogens is 242 g/mol. The molecule has 0 saturated carbocycles. The molecule has 0 aliphatic carbocycles. The number of anilines is 2. The average Bonchev–Trinajstić information content (AvgIpc) is 2.46. The zero-order valence-electron chi connectivity index (χ0n) is 10.8. The van der Waals surface area contributed by atoms with Crippen molar-refractivity contribution >= 4 is 17.3 Å². The third-order valence-corrected chi connectivity index (χ3v) is 2.78. The van der Waals surface area contributed by atoms with E-state index in [1.54, 1.807) is 49.6 Å². The van der Waals surface area contributed by atoms with E-state index in [1.165, 1.54) is 12.0 Å². The van der Waals surface area contributed by atoms with E-state index in [4.69, 9.17) is 10.5 Å². The smallest absolute Gasteiger partial charge is 0.263 e. The highest BCUT2D eigenvalue weighted by atomic mass is 16.5. The molecule has 19 heavy (non-hydrogen) atoms. The lowest BCUT2D eigenvalue weighted by Gasteiger charge is -2.18. The summed E-state index contributed by atoms with van der Waals surface area (Å²) in [6.07, 6.45) is 1.58. The summed E-state index contributed by atoms with van der Waals surface area (Å²) in [7, 11) is 3.18. The second-order valence-corrected chi connectivity index (χ2v) is 4.02. The molecule has 5 heteroatoms. The number of pyridine rings is 1. The summed E-state index contributed by atoms with van der Waals surface area (Å²) in [5.41, 5.74) is 7.46. The van der Waals surface area contributed by atoms with Crippen LogP contribution in [-0.2, 0) is 0 Å². The van der Waals surface area contributed by atoms with Crippen LogP contribution >= 0.6 is 0 Å². The minimum absolute atomic E-state index is 0.185. The third-order valence-electron chi connectivity index (χ3n) is 2.78. The zero-order chi connectivity index (χ0) is 13.8. The van der Waals surface area contributed by atoms with E-state index in [9.17, 15) is 4.79 Å². The summed E-state index contributed by atoms with van der Waals surface area (Å²) in [5.74, 6) is 0.129. The van der Waals surface area contributed by atoms with Crippen LogP contribution in [0.3, 0.4) is 0 Å². The first-order valence-corrected chi connectivity index (χ1v) is 5.76. The van der Waals surface area contributed by atoms with Gasteiger partial charge in [0.1, 0.15) is 5.56 Å². The Kier molecular flexibility index (Phi) is 3.66. The second-order valence-electron chi connectivity index (χ2n) is 4.02. The molecule has 0 fully saturated rings. The first-order chi connectivity index (χ1) is 9.13. The van der Waals surface area contributed by atoms with Crippen molar-refractivity contribution in [3.05, 3.63) is 48.2 Å². The van der Waals surface area contributed by atoms with Gasteiger partial charge in [-0.3, -0.25) is 4.79 Å². The van der Waals surface area contributed by atoms with Gasteiger partial charge in [0, 0.05) is 24.6 Å². The number of nitrogen functional groups attached to an aromatic ring is 1. The number of rotatable bonds is 3. The van der Waals surface area contributed by atoms with E-state index in [-0.39, 0.29) is 5.91 Å². The monoisotopic (exact) mass is 257 g/mol. The molecule has 98 valence electrons. The van der Waals surface area contributed by atoms with Gasteiger partial charge in [0.2, 0.25) is 5.88 Å². The molecule has 2 rings (SSSR count). The second kappa shape index (κ2) is 5.39. The van der Waals surface area contributed by atoms with Gasteiger partial charge < -0.3 is 15.4 Å². The molecule has 2 aromatic rings. The van der Waals surface area contributed by atoms with Crippen molar-refractivity contribution in [3.63, 3.8) is 0 Å². The van der Waals surface area contributed by atoms with E-state index in [0.717, 1.165) is 5.69 Å². The Morgan fingerprint density at radius 1 is 1.26 bits per heavy atom. The van der Waals surface area contributed by atoms with Gasteiger partial charge in [-0.25, -0.2) is 4.98 Å². The molecule has 1 amide bonds. The Morgan fingerprint density at radius 3 is 2.58 bits per heavy atom. The minimum Gasteiger partial charge on any atom is -0.480 e. The molecule has 2 N–H and O–H groups in total. The van der Waals surface area contributed by atoms with Crippen molar-refractivity contribution < 1.29 is 9.53 Å². The van der Waals surface area contributed by atoms with Crippen LogP contribution in [0.1, 0.15) is 10.4 Å². The SMILES string of the molecule is COc1ncccc1C(=O)N(C)c1ccc(N)cc1. The van der Waals surface area contributed by atoms with Crippen LogP contribution in [0.2, 0.25) is 0 Å². The fraction of sp³-hybridized carbons (Fsp3) is 0.143. The maximum atomic E-state index is 12.4. The van der Waals surface area contributed by atoms with Crippen molar-refractivity contribution in [2.45, 2.75) is 0 Å². The molecule has 1 aromatic carbocycles. The van der Waals surface area contributed by atoms with Crippen molar-refractivity contribution in [1.82, 2.24) is 4.98 Å². The maximum Gasteiger partial charge on any atom is 0.263 e. The van der Waals surface area contributed by atoms with Gasteiger partial charge in [0.25, 0.3) is 5.91 Å². The van der Waals surface area contributed by atoms with Gasteiger partial charge in [-0.2, -0.15) is 0 Å². The van der Waals surface area contributed by atoms with Crippen molar-refractivity contribution in [2.75, 3.05) is 24.8 Å². The topological polar surface area (TPSA) is 68.5 Å². The Hall–Kier alpha value is -2.56. The Balaban J connectivity index is 2.30. The Labute approximate surface area is 111 Å². The number of nitrogens with two attached hydrogens (primary N) is 1. The lowest BCUT2D eigenvalue weighted by atomic mass is 10.2. The summed E-state index contributed by atoms with van der Waals surface area (Å²) in [5, 5.41) is 0. The summed E-state index contributed by atoms with van der Waals surface area (Å²) < 4.78 is 5.09. The fourth-order valence-electron chi connectivity index (χ4n) is 1.71. The van der Waals surface area contributed by atoms with E-state index in [0.29, 0.717) is 17.1 Å². The van der Waals surface area contributed by atoms with Gasteiger partial charge in [-0.15, -0.1) is 0 Å². The molecule has 1 aromatic heterocycles. The highest BCUT2D eigenvalue weighted by molar-refractivity contribution is 6.07. The number of carbonyl (C=O) groups excluding carboxylic acids is 1. The van der Waals surface area contributed by atoms with Gasteiger partial charge in [0.15, 0.2) is 0 Å². The number of aromatic nitrogens is 1. The molecule has 5 nitrogen and oxygen atoms in total. The molecule has 0 atom stereocenters. The number of hydrogen-bond acceptors (Lipinski definition) is 4. The van der Waals surface area contributed by atoms with E-state index < -0.39 is 0 Å². The molecule has 0 saturated heterocycles. The lowest BCUT2D eigenvalue weighted by molar-refractivity contribution is 0.0989.